The van der Waals surface area contributed by atoms with Crippen molar-refractivity contribution in [2.75, 3.05) is 6.54 Å². The Morgan fingerprint density at radius 1 is 1.05 bits per heavy atom. The minimum absolute atomic E-state index is 0.250. The lowest BCUT2D eigenvalue weighted by atomic mass is 9.90. The molecular weight excluding hydrogens is 480 g/mol. The van der Waals surface area contributed by atoms with Crippen LogP contribution in [0.25, 0.3) is 0 Å². The van der Waals surface area contributed by atoms with Crippen molar-refractivity contribution in [3.63, 3.8) is 0 Å². The summed E-state index contributed by atoms with van der Waals surface area (Å²) < 4.78 is 10.9. The summed E-state index contributed by atoms with van der Waals surface area (Å²) in [5.74, 6) is 1.14. The number of pyridine rings is 1. The van der Waals surface area contributed by atoms with Crippen LogP contribution in [0.3, 0.4) is 0 Å². The molecule has 5 rings (SSSR count). The van der Waals surface area contributed by atoms with E-state index in [1.165, 1.54) is 23.1 Å². The van der Waals surface area contributed by atoms with E-state index in [4.69, 9.17) is 14.1 Å². The minimum atomic E-state index is -0.531. The summed E-state index contributed by atoms with van der Waals surface area (Å²) in [5, 5.41) is 2.81. The van der Waals surface area contributed by atoms with Gasteiger partial charge in [-0.3, -0.25) is 9.88 Å². The van der Waals surface area contributed by atoms with Crippen LogP contribution in [0.5, 0.6) is 5.75 Å². The highest BCUT2D eigenvalue weighted by atomic mass is 16.6. The number of benzene rings is 1. The zero-order chi connectivity index (χ0) is 26.3. The van der Waals surface area contributed by atoms with Crippen LogP contribution >= 0.6 is 0 Å². The zero-order valence-electron chi connectivity index (χ0n) is 21.8. The molecule has 0 radical (unpaired) electrons. The maximum atomic E-state index is 12.3. The summed E-state index contributed by atoms with van der Waals surface area (Å²) in [6.07, 6.45) is 10.2. The molecule has 1 aliphatic carbocycles. The fraction of sp³-hybridized carbons (Fsp3) is 0.345. The van der Waals surface area contributed by atoms with Crippen LogP contribution in [-0.4, -0.2) is 37.5 Å². The molecule has 1 aliphatic rings. The number of hydrogen-bond acceptors (Lipinski definition) is 8. The summed E-state index contributed by atoms with van der Waals surface area (Å²) in [5.41, 5.74) is 5.95. The maximum Gasteiger partial charge on any atom is 0.412 e. The molecule has 3 aromatic heterocycles. The molecule has 1 N–H and O–H groups in total. The normalized spacial score (nSPS) is 14.8. The summed E-state index contributed by atoms with van der Waals surface area (Å²) in [4.78, 5) is 32.1. The molecule has 0 bridgehead atoms. The Bertz CT molecular complexity index is 1340. The fourth-order valence-corrected chi connectivity index (χ4v) is 4.93. The van der Waals surface area contributed by atoms with Crippen molar-refractivity contribution in [1.82, 2.24) is 30.2 Å². The van der Waals surface area contributed by atoms with Crippen LogP contribution in [0.1, 0.15) is 58.5 Å². The first-order valence-electron chi connectivity index (χ1n) is 12.9. The third-order valence-electron chi connectivity index (χ3n) is 6.90. The highest BCUT2D eigenvalue weighted by molar-refractivity contribution is 5.70. The van der Waals surface area contributed by atoms with E-state index < -0.39 is 6.09 Å². The van der Waals surface area contributed by atoms with Crippen LogP contribution in [-0.2, 0) is 25.9 Å². The predicted octanol–water partition coefficient (Wildman–Crippen LogP) is 4.89. The number of carbonyl (C=O) groups excluding carboxylic acids is 1. The number of aryl methyl sites for hydroxylation is 3. The van der Waals surface area contributed by atoms with E-state index >= 15 is 0 Å². The van der Waals surface area contributed by atoms with E-state index in [2.05, 4.69) is 43.4 Å². The molecule has 3 heterocycles. The topological polar surface area (TPSA) is 106 Å². The average Bonchev–Trinajstić information content (AvgIpc) is 3.46. The lowest BCUT2D eigenvalue weighted by Gasteiger charge is -2.35. The minimum Gasteiger partial charge on any atom is -0.449 e. The average molecular weight is 513 g/mol. The Labute approximate surface area is 222 Å². The fourth-order valence-electron chi connectivity index (χ4n) is 4.93. The van der Waals surface area contributed by atoms with Gasteiger partial charge in [0.2, 0.25) is 0 Å². The smallest absolute Gasteiger partial charge is 0.412 e. The SMILES string of the molecule is Cc1ncnc(C)c1OC(=O)NCc1ccc(CN(CCc2ncco2)C2CCCc3cccnc32)cc1. The van der Waals surface area contributed by atoms with Gasteiger partial charge in [-0.05, 0) is 55.9 Å². The van der Waals surface area contributed by atoms with Gasteiger partial charge in [-0.2, -0.15) is 0 Å². The second-order valence-corrected chi connectivity index (χ2v) is 9.54. The Hall–Kier alpha value is -4.11. The summed E-state index contributed by atoms with van der Waals surface area (Å²) >= 11 is 0. The van der Waals surface area contributed by atoms with Crippen molar-refractivity contribution in [2.24, 2.45) is 0 Å². The van der Waals surface area contributed by atoms with Crippen LogP contribution < -0.4 is 10.1 Å². The third kappa shape index (κ3) is 6.23. The lowest BCUT2D eigenvalue weighted by molar-refractivity contribution is 0.164. The van der Waals surface area contributed by atoms with E-state index in [-0.39, 0.29) is 6.04 Å². The molecule has 1 aromatic carbocycles. The molecule has 0 fully saturated rings. The quantitative estimate of drug-likeness (QED) is 0.338. The highest BCUT2D eigenvalue weighted by Gasteiger charge is 2.27. The maximum absolute atomic E-state index is 12.3. The second-order valence-electron chi connectivity index (χ2n) is 9.54. The summed E-state index contributed by atoms with van der Waals surface area (Å²) in [6.45, 7) is 5.53. The zero-order valence-corrected chi connectivity index (χ0v) is 21.8. The van der Waals surface area contributed by atoms with Gasteiger partial charge in [0.1, 0.15) is 12.6 Å². The number of nitrogens with zero attached hydrogens (tertiary/aromatic N) is 5. The second kappa shape index (κ2) is 12.0. The monoisotopic (exact) mass is 512 g/mol. The standard InChI is InChI=1S/C29H32N6O3/c1-20-28(21(2)34-19-33-20)38-29(36)32-17-22-8-10-23(11-9-22)18-35(15-12-26-30-14-16-37-26)25-7-3-5-24-6-4-13-31-27(24)25/h4,6,8-11,13-14,16,19,25H,3,5,7,12,15,17-18H2,1-2H3,(H,32,36). The number of fused-ring (bicyclic) bond motifs is 1. The van der Waals surface area contributed by atoms with Crippen molar-refractivity contribution in [1.29, 1.82) is 0 Å². The van der Waals surface area contributed by atoms with Gasteiger partial charge in [0.25, 0.3) is 0 Å². The van der Waals surface area contributed by atoms with Crippen molar-refractivity contribution in [3.05, 3.63) is 101 Å². The Morgan fingerprint density at radius 2 is 1.84 bits per heavy atom. The van der Waals surface area contributed by atoms with Crippen molar-refractivity contribution < 1.29 is 13.9 Å². The number of hydrogen-bond donors (Lipinski definition) is 1. The molecule has 0 saturated heterocycles. The molecule has 0 aliphatic heterocycles. The number of nitrogens with one attached hydrogen (secondary N) is 1. The Balaban J connectivity index is 1.23. The Kier molecular flexibility index (Phi) is 8.04. The van der Waals surface area contributed by atoms with Gasteiger partial charge in [-0.25, -0.2) is 19.7 Å². The van der Waals surface area contributed by atoms with Crippen LogP contribution in [0.4, 0.5) is 4.79 Å². The van der Waals surface area contributed by atoms with Gasteiger partial charge in [-0.15, -0.1) is 0 Å². The Morgan fingerprint density at radius 3 is 2.61 bits per heavy atom. The first-order valence-corrected chi connectivity index (χ1v) is 12.9. The molecule has 1 unspecified atom stereocenters. The van der Waals surface area contributed by atoms with Gasteiger partial charge >= 0.3 is 6.09 Å². The van der Waals surface area contributed by atoms with E-state index in [0.29, 0.717) is 23.7 Å². The number of aromatic nitrogens is 4. The van der Waals surface area contributed by atoms with Gasteiger partial charge < -0.3 is 14.5 Å². The molecule has 9 nitrogen and oxygen atoms in total. The van der Waals surface area contributed by atoms with E-state index in [9.17, 15) is 4.79 Å². The predicted molar refractivity (Wildman–Crippen MR) is 141 cm³/mol. The van der Waals surface area contributed by atoms with E-state index in [0.717, 1.165) is 50.2 Å². The van der Waals surface area contributed by atoms with E-state index in [1.54, 1.807) is 26.3 Å². The van der Waals surface area contributed by atoms with Crippen LogP contribution in [0.15, 0.2) is 65.8 Å². The van der Waals surface area contributed by atoms with Gasteiger partial charge in [-0.1, -0.05) is 30.3 Å². The van der Waals surface area contributed by atoms with E-state index in [1.807, 2.05) is 24.4 Å². The first kappa shape index (κ1) is 25.5. The van der Waals surface area contributed by atoms with Gasteiger partial charge in [0.15, 0.2) is 11.6 Å². The molecule has 196 valence electrons. The molecule has 38 heavy (non-hydrogen) atoms. The molecule has 9 heteroatoms. The molecule has 0 spiro atoms. The lowest BCUT2D eigenvalue weighted by Crippen LogP contribution is -2.33. The number of rotatable bonds is 9. The molecule has 4 aromatic rings. The molecule has 1 amide bonds. The van der Waals surface area contributed by atoms with Crippen LogP contribution in [0.2, 0.25) is 0 Å². The largest absolute Gasteiger partial charge is 0.449 e. The summed E-state index contributed by atoms with van der Waals surface area (Å²) in [7, 11) is 0. The number of oxazole rings is 1. The van der Waals surface area contributed by atoms with Crippen molar-refractivity contribution in [2.45, 2.75) is 58.7 Å². The number of ether oxygens (including phenoxy) is 1. The van der Waals surface area contributed by atoms with Crippen molar-refractivity contribution in [3.8, 4) is 5.75 Å². The third-order valence-corrected chi connectivity index (χ3v) is 6.90. The van der Waals surface area contributed by atoms with Gasteiger partial charge in [0.05, 0.1) is 29.3 Å². The summed E-state index contributed by atoms with van der Waals surface area (Å²) in [6, 6.07) is 12.8. The molecule has 1 atom stereocenters. The molecule has 0 saturated carbocycles. The molecular formula is C29H32N6O3. The van der Waals surface area contributed by atoms with Gasteiger partial charge in [0, 0.05) is 32.3 Å². The number of amides is 1. The highest BCUT2D eigenvalue weighted by Crippen LogP contribution is 2.34. The van der Waals surface area contributed by atoms with Crippen molar-refractivity contribution >= 4 is 6.09 Å². The van der Waals surface area contributed by atoms with Crippen LogP contribution in [0, 0.1) is 13.8 Å². The number of carbonyl (C=O) groups is 1. The first-order chi connectivity index (χ1) is 18.6.